The molecule has 1 aliphatic heterocycles. The van der Waals surface area contributed by atoms with Gasteiger partial charge in [0.15, 0.2) is 0 Å². The number of aliphatic hydroxyl groups is 1. The summed E-state index contributed by atoms with van der Waals surface area (Å²) < 4.78 is 11.7. The second-order valence-electron chi connectivity index (χ2n) is 4.81. The van der Waals surface area contributed by atoms with E-state index >= 15 is 0 Å². The van der Waals surface area contributed by atoms with Crippen LogP contribution in [0.4, 0.5) is 0 Å². The normalized spacial score (nSPS) is 14.9. The molecular formula is C16H15BrO3. The van der Waals surface area contributed by atoms with Crippen molar-refractivity contribution in [2.45, 2.75) is 19.3 Å². The summed E-state index contributed by atoms with van der Waals surface area (Å²) in [6.07, 6.45) is -0.705. The van der Waals surface area contributed by atoms with Gasteiger partial charge in [-0.1, -0.05) is 40.2 Å². The minimum absolute atomic E-state index is 0.618. The van der Waals surface area contributed by atoms with Crippen molar-refractivity contribution in [3.63, 3.8) is 0 Å². The molecule has 0 fully saturated rings. The van der Waals surface area contributed by atoms with Gasteiger partial charge in [0.1, 0.15) is 11.9 Å². The van der Waals surface area contributed by atoms with Gasteiger partial charge in [-0.05, 0) is 28.8 Å². The lowest BCUT2D eigenvalue weighted by molar-refractivity contribution is 0.134. The molecule has 1 heterocycles. The van der Waals surface area contributed by atoms with Crippen LogP contribution in [0.15, 0.2) is 40.9 Å². The highest BCUT2D eigenvalue weighted by atomic mass is 79.9. The van der Waals surface area contributed by atoms with Gasteiger partial charge >= 0.3 is 0 Å². The van der Waals surface area contributed by atoms with E-state index in [0.29, 0.717) is 19.0 Å². The number of halogens is 1. The molecule has 2 aromatic rings. The van der Waals surface area contributed by atoms with Crippen LogP contribution in [0.2, 0.25) is 0 Å². The van der Waals surface area contributed by atoms with E-state index in [1.54, 1.807) is 7.11 Å². The molecule has 1 unspecified atom stereocenters. The molecule has 1 aliphatic rings. The molecule has 0 saturated carbocycles. The highest BCUT2D eigenvalue weighted by Gasteiger charge is 2.18. The maximum Gasteiger partial charge on any atom is 0.126 e. The number of benzene rings is 2. The SMILES string of the molecule is COc1cc(Br)ccc1C(O)c1ccc2c(c1)COC2. The molecule has 0 amide bonds. The topological polar surface area (TPSA) is 38.7 Å². The molecule has 20 heavy (non-hydrogen) atoms. The largest absolute Gasteiger partial charge is 0.496 e. The molecule has 1 N–H and O–H groups in total. The van der Waals surface area contributed by atoms with Crippen molar-refractivity contribution in [3.05, 3.63) is 63.1 Å². The number of fused-ring (bicyclic) bond motifs is 1. The summed E-state index contributed by atoms with van der Waals surface area (Å²) in [5.74, 6) is 0.670. The molecule has 1 atom stereocenters. The third kappa shape index (κ3) is 2.46. The average molecular weight is 335 g/mol. The number of hydrogen-bond acceptors (Lipinski definition) is 3. The Bertz CT molecular complexity index is 640. The molecule has 0 aliphatic carbocycles. The van der Waals surface area contributed by atoms with Crippen molar-refractivity contribution in [1.82, 2.24) is 0 Å². The predicted molar refractivity (Wildman–Crippen MR) is 79.7 cm³/mol. The van der Waals surface area contributed by atoms with E-state index in [4.69, 9.17) is 9.47 Å². The van der Waals surface area contributed by atoms with Crippen molar-refractivity contribution in [2.75, 3.05) is 7.11 Å². The Kier molecular flexibility index (Phi) is 3.78. The van der Waals surface area contributed by atoms with Gasteiger partial charge in [-0.15, -0.1) is 0 Å². The fourth-order valence-corrected chi connectivity index (χ4v) is 2.79. The summed E-state index contributed by atoms with van der Waals surface area (Å²) in [6.45, 7) is 1.28. The van der Waals surface area contributed by atoms with Crippen LogP contribution >= 0.6 is 15.9 Å². The summed E-state index contributed by atoms with van der Waals surface area (Å²) in [5.41, 5.74) is 3.96. The lowest BCUT2D eigenvalue weighted by atomic mass is 9.97. The smallest absolute Gasteiger partial charge is 0.126 e. The van der Waals surface area contributed by atoms with Gasteiger partial charge in [-0.25, -0.2) is 0 Å². The average Bonchev–Trinajstić information content (AvgIpc) is 2.93. The molecule has 0 radical (unpaired) electrons. The number of rotatable bonds is 3. The Morgan fingerprint density at radius 3 is 2.75 bits per heavy atom. The van der Waals surface area contributed by atoms with Gasteiger partial charge in [0.2, 0.25) is 0 Å². The van der Waals surface area contributed by atoms with Gasteiger partial charge in [-0.2, -0.15) is 0 Å². The Balaban J connectivity index is 1.98. The van der Waals surface area contributed by atoms with Crippen molar-refractivity contribution >= 4 is 15.9 Å². The zero-order valence-corrected chi connectivity index (χ0v) is 12.7. The van der Waals surface area contributed by atoms with Crippen LogP contribution in [0.1, 0.15) is 28.4 Å². The zero-order valence-electron chi connectivity index (χ0n) is 11.1. The van der Waals surface area contributed by atoms with E-state index in [1.807, 2.05) is 36.4 Å². The Hall–Kier alpha value is -1.36. The van der Waals surface area contributed by atoms with Crippen molar-refractivity contribution < 1.29 is 14.6 Å². The lowest BCUT2D eigenvalue weighted by Gasteiger charge is -2.16. The number of ether oxygens (including phenoxy) is 2. The molecule has 0 bridgehead atoms. The maximum absolute atomic E-state index is 10.6. The first-order valence-electron chi connectivity index (χ1n) is 6.40. The Morgan fingerprint density at radius 1 is 1.15 bits per heavy atom. The number of aliphatic hydroxyl groups excluding tert-OH is 1. The first kappa shape index (κ1) is 13.6. The molecule has 2 aromatic carbocycles. The maximum atomic E-state index is 10.6. The molecule has 104 valence electrons. The van der Waals surface area contributed by atoms with E-state index in [9.17, 15) is 5.11 Å². The third-order valence-electron chi connectivity index (χ3n) is 3.55. The summed E-state index contributed by atoms with van der Waals surface area (Å²) in [4.78, 5) is 0. The summed E-state index contributed by atoms with van der Waals surface area (Å²) >= 11 is 3.40. The summed E-state index contributed by atoms with van der Waals surface area (Å²) in [5, 5.41) is 10.6. The summed E-state index contributed by atoms with van der Waals surface area (Å²) in [7, 11) is 1.61. The second-order valence-corrected chi connectivity index (χ2v) is 5.73. The van der Waals surface area contributed by atoms with E-state index in [-0.39, 0.29) is 0 Å². The zero-order chi connectivity index (χ0) is 14.1. The number of hydrogen-bond donors (Lipinski definition) is 1. The van der Waals surface area contributed by atoms with Gasteiger partial charge < -0.3 is 14.6 Å². The van der Waals surface area contributed by atoms with Crippen LogP contribution in [0.3, 0.4) is 0 Å². The van der Waals surface area contributed by atoms with Crippen LogP contribution in [0, 0.1) is 0 Å². The van der Waals surface area contributed by atoms with E-state index in [2.05, 4.69) is 15.9 Å². The predicted octanol–water partition coefficient (Wildman–Crippen LogP) is 3.57. The monoisotopic (exact) mass is 334 g/mol. The first-order chi connectivity index (χ1) is 9.69. The standard InChI is InChI=1S/C16H15BrO3/c1-19-15-7-13(17)4-5-14(15)16(18)10-2-3-11-8-20-9-12(11)6-10/h2-7,16,18H,8-9H2,1H3. The van der Waals surface area contributed by atoms with Crippen LogP contribution in [-0.2, 0) is 18.0 Å². The van der Waals surface area contributed by atoms with Gasteiger partial charge in [-0.3, -0.25) is 0 Å². The van der Waals surface area contributed by atoms with Crippen molar-refractivity contribution in [2.24, 2.45) is 0 Å². The Morgan fingerprint density at radius 2 is 1.95 bits per heavy atom. The van der Waals surface area contributed by atoms with E-state index in [0.717, 1.165) is 21.2 Å². The fourth-order valence-electron chi connectivity index (χ4n) is 2.45. The van der Waals surface area contributed by atoms with E-state index < -0.39 is 6.10 Å². The second kappa shape index (κ2) is 5.56. The third-order valence-corrected chi connectivity index (χ3v) is 4.04. The van der Waals surface area contributed by atoms with Gasteiger partial charge in [0.05, 0.1) is 20.3 Å². The van der Waals surface area contributed by atoms with Crippen LogP contribution in [0.25, 0.3) is 0 Å². The molecule has 0 spiro atoms. The van der Waals surface area contributed by atoms with Crippen molar-refractivity contribution in [3.8, 4) is 5.75 Å². The highest BCUT2D eigenvalue weighted by Crippen LogP contribution is 2.33. The molecular weight excluding hydrogens is 320 g/mol. The highest BCUT2D eigenvalue weighted by molar-refractivity contribution is 9.10. The van der Waals surface area contributed by atoms with Gasteiger partial charge in [0, 0.05) is 10.0 Å². The molecule has 3 rings (SSSR count). The summed E-state index contributed by atoms with van der Waals surface area (Å²) in [6, 6.07) is 11.6. The van der Waals surface area contributed by atoms with Gasteiger partial charge in [0.25, 0.3) is 0 Å². The molecule has 3 nitrogen and oxygen atoms in total. The fraction of sp³-hybridized carbons (Fsp3) is 0.250. The lowest BCUT2D eigenvalue weighted by Crippen LogP contribution is -2.03. The Labute approximate surface area is 126 Å². The van der Waals surface area contributed by atoms with Crippen LogP contribution in [-0.4, -0.2) is 12.2 Å². The van der Waals surface area contributed by atoms with E-state index in [1.165, 1.54) is 5.56 Å². The molecule has 4 heteroatoms. The quantitative estimate of drug-likeness (QED) is 0.932. The minimum atomic E-state index is -0.705. The first-order valence-corrected chi connectivity index (χ1v) is 7.19. The molecule has 0 saturated heterocycles. The molecule has 0 aromatic heterocycles. The van der Waals surface area contributed by atoms with Crippen LogP contribution in [0.5, 0.6) is 5.75 Å². The van der Waals surface area contributed by atoms with Crippen LogP contribution < -0.4 is 4.74 Å². The van der Waals surface area contributed by atoms with Crippen molar-refractivity contribution in [1.29, 1.82) is 0 Å². The minimum Gasteiger partial charge on any atom is -0.496 e. The number of methoxy groups -OCH3 is 1.